The van der Waals surface area contributed by atoms with Crippen LogP contribution in [-0.4, -0.2) is 29.6 Å². The number of benzene rings is 1. The van der Waals surface area contributed by atoms with E-state index < -0.39 is 6.10 Å². The minimum absolute atomic E-state index is 0.346. The molecule has 1 atom stereocenters. The van der Waals surface area contributed by atoms with E-state index in [1.807, 2.05) is 17.0 Å². The van der Waals surface area contributed by atoms with Gasteiger partial charge in [0.05, 0.1) is 18.7 Å². The first-order chi connectivity index (χ1) is 8.17. The fraction of sp³-hybridized carbons (Fsp3) is 0.462. The molecule has 0 bridgehead atoms. The quantitative estimate of drug-likeness (QED) is 0.792. The highest BCUT2D eigenvalue weighted by molar-refractivity contribution is 6.30. The van der Waals surface area contributed by atoms with Crippen LogP contribution in [0.4, 0.5) is 0 Å². The molecule has 0 saturated heterocycles. The second kappa shape index (κ2) is 7.29. The topological polar surface area (TPSA) is 47.3 Å². The minimum atomic E-state index is -0.577. The van der Waals surface area contributed by atoms with Crippen LogP contribution >= 0.6 is 11.6 Å². The second-order valence-corrected chi connectivity index (χ2v) is 4.40. The lowest BCUT2D eigenvalue weighted by Gasteiger charge is -2.22. The lowest BCUT2D eigenvalue weighted by atomic mass is 10.1. The molecule has 0 aromatic heterocycles. The van der Waals surface area contributed by atoms with Crippen LogP contribution in [0.5, 0.6) is 0 Å². The van der Waals surface area contributed by atoms with E-state index in [1.165, 1.54) is 0 Å². The third kappa shape index (κ3) is 4.74. The van der Waals surface area contributed by atoms with Gasteiger partial charge in [-0.25, -0.2) is 0 Å². The Balaban J connectivity index is 2.60. The Kier molecular flexibility index (Phi) is 5.99. The Morgan fingerprint density at radius 2 is 2.06 bits per heavy atom. The predicted octanol–water partition coefficient (Wildman–Crippen LogP) is 2.61. The van der Waals surface area contributed by atoms with E-state index >= 15 is 0 Å². The van der Waals surface area contributed by atoms with Gasteiger partial charge in [0.25, 0.3) is 0 Å². The molecule has 0 aliphatic carbocycles. The Labute approximate surface area is 107 Å². The van der Waals surface area contributed by atoms with Crippen molar-refractivity contribution >= 4 is 11.6 Å². The van der Waals surface area contributed by atoms with Crippen molar-refractivity contribution in [2.75, 3.05) is 19.6 Å². The summed E-state index contributed by atoms with van der Waals surface area (Å²) in [5, 5.41) is 19.4. The molecule has 0 radical (unpaired) electrons. The van der Waals surface area contributed by atoms with Gasteiger partial charge in [-0.3, -0.25) is 4.90 Å². The van der Waals surface area contributed by atoms with E-state index in [4.69, 9.17) is 16.9 Å². The average molecular weight is 253 g/mol. The molecule has 0 heterocycles. The zero-order valence-electron chi connectivity index (χ0n) is 9.93. The first-order valence-corrected chi connectivity index (χ1v) is 6.08. The molecule has 0 spiro atoms. The van der Waals surface area contributed by atoms with Crippen LogP contribution in [0.15, 0.2) is 24.3 Å². The van der Waals surface area contributed by atoms with Gasteiger partial charge in [0.1, 0.15) is 0 Å². The zero-order valence-corrected chi connectivity index (χ0v) is 10.7. The van der Waals surface area contributed by atoms with Crippen molar-refractivity contribution in [3.8, 4) is 6.07 Å². The van der Waals surface area contributed by atoms with E-state index in [2.05, 4.69) is 13.0 Å². The van der Waals surface area contributed by atoms with Crippen molar-refractivity contribution in [1.29, 1.82) is 5.26 Å². The van der Waals surface area contributed by atoms with Crippen molar-refractivity contribution in [3.05, 3.63) is 34.9 Å². The maximum Gasteiger partial charge on any atom is 0.0917 e. The molecule has 0 aliphatic rings. The van der Waals surface area contributed by atoms with Crippen molar-refractivity contribution in [3.63, 3.8) is 0 Å². The van der Waals surface area contributed by atoms with Gasteiger partial charge in [-0.2, -0.15) is 5.26 Å². The summed E-state index contributed by atoms with van der Waals surface area (Å²) in [5.74, 6) is 0. The molecule has 1 aromatic rings. The monoisotopic (exact) mass is 252 g/mol. The Bertz CT molecular complexity index is 372. The number of rotatable bonds is 6. The summed E-state index contributed by atoms with van der Waals surface area (Å²) < 4.78 is 0. The Hall–Kier alpha value is -1.08. The van der Waals surface area contributed by atoms with Crippen molar-refractivity contribution in [2.45, 2.75) is 19.4 Å². The fourth-order valence-electron chi connectivity index (χ4n) is 1.69. The molecule has 1 rings (SSSR count). The van der Waals surface area contributed by atoms with Gasteiger partial charge in [-0.05, 0) is 30.7 Å². The summed E-state index contributed by atoms with van der Waals surface area (Å²) in [6.45, 7) is 3.69. The highest BCUT2D eigenvalue weighted by atomic mass is 35.5. The standard InChI is InChI=1S/C13H17ClN2O/c1-2-8-16(9-7-15)10-13(17)11-3-5-12(14)6-4-11/h3-6,13,17H,2,8-10H2,1H3. The fourth-order valence-corrected chi connectivity index (χ4v) is 1.81. The van der Waals surface area contributed by atoms with Gasteiger partial charge in [-0.1, -0.05) is 30.7 Å². The van der Waals surface area contributed by atoms with E-state index in [0.717, 1.165) is 18.5 Å². The molecule has 0 fully saturated rings. The molecular weight excluding hydrogens is 236 g/mol. The number of nitrogens with zero attached hydrogens (tertiary/aromatic N) is 2. The van der Waals surface area contributed by atoms with Gasteiger partial charge in [0.15, 0.2) is 0 Å². The third-order valence-corrected chi connectivity index (χ3v) is 2.77. The molecular formula is C13H17ClN2O. The summed E-state index contributed by atoms with van der Waals surface area (Å²) in [5.41, 5.74) is 0.827. The second-order valence-electron chi connectivity index (χ2n) is 3.96. The number of aliphatic hydroxyl groups is 1. The van der Waals surface area contributed by atoms with Crippen LogP contribution in [0.25, 0.3) is 0 Å². The lowest BCUT2D eigenvalue weighted by molar-refractivity contribution is 0.120. The minimum Gasteiger partial charge on any atom is -0.387 e. The van der Waals surface area contributed by atoms with Crippen LogP contribution in [-0.2, 0) is 0 Å². The number of aliphatic hydroxyl groups excluding tert-OH is 1. The van der Waals surface area contributed by atoms with Crippen LogP contribution in [0.1, 0.15) is 25.0 Å². The number of nitriles is 1. The Morgan fingerprint density at radius 1 is 1.41 bits per heavy atom. The molecule has 0 aliphatic heterocycles. The molecule has 1 aromatic carbocycles. The van der Waals surface area contributed by atoms with Gasteiger partial charge in [-0.15, -0.1) is 0 Å². The van der Waals surface area contributed by atoms with Crippen LogP contribution in [0, 0.1) is 11.3 Å². The molecule has 1 N–H and O–H groups in total. The predicted molar refractivity (Wildman–Crippen MR) is 68.8 cm³/mol. The summed E-state index contributed by atoms with van der Waals surface area (Å²) in [6.07, 6.45) is 0.391. The highest BCUT2D eigenvalue weighted by Gasteiger charge is 2.12. The summed E-state index contributed by atoms with van der Waals surface area (Å²) in [6, 6.07) is 9.25. The normalized spacial score (nSPS) is 12.4. The van der Waals surface area contributed by atoms with Crippen LogP contribution < -0.4 is 0 Å². The number of halogens is 1. The van der Waals surface area contributed by atoms with Crippen LogP contribution in [0.2, 0.25) is 5.02 Å². The van der Waals surface area contributed by atoms with Crippen molar-refractivity contribution < 1.29 is 5.11 Å². The maximum absolute atomic E-state index is 10.0. The van der Waals surface area contributed by atoms with E-state index in [0.29, 0.717) is 18.1 Å². The first-order valence-electron chi connectivity index (χ1n) is 5.70. The molecule has 92 valence electrons. The zero-order chi connectivity index (χ0) is 12.7. The van der Waals surface area contributed by atoms with Gasteiger partial charge in [0.2, 0.25) is 0 Å². The smallest absolute Gasteiger partial charge is 0.0917 e. The summed E-state index contributed by atoms with van der Waals surface area (Å²) in [7, 11) is 0. The summed E-state index contributed by atoms with van der Waals surface area (Å²) >= 11 is 5.79. The van der Waals surface area contributed by atoms with Gasteiger partial charge < -0.3 is 5.11 Å². The molecule has 4 heteroatoms. The maximum atomic E-state index is 10.0. The number of hydrogen-bond donors (Lipinski definition) is 1. The third-order valence-electron chi connectivity index (χ3n) is 2.52. The molecule has 1 unspecified atom stereocenters. The van der Waals surface area contributed by atoms with Gasteiger partial charge >= 0.3 is 0 Å². The van der Waals surface area contributed by atoms with E-state index in [-0.39, 0.29) is 0 Å². The molecule has 0 amide bonds. The number of hydrogen-bond acceptors (Lipinski definition) is 3. The van der Waals surface area contributed by atoms with Crippen LogP contribution in [0.3, 0.4) is 0 Å². The molecule has 3 nitrogen and oxygen atoms in total. The summed E-state index contributed by atoms with van der Waals surface area (Å²) in [4.78, 5) is 1.94. The van der Waals surface area contributed by atoms with Gasteiger partial charge in [0, 0.05) is 11.6 Å². The molecule has 17 heavy (non-hydrogen) atoms. The lowest BCUT2D eigenvalue weighted by Crippen LogP contribution is -2.29. The largest absolute Gasteiger partial charge is 0.387 e. The van der Waals surface area contributed by atoms with Crippen molar-refractivity contribution in [2.24, 2.45) is 0 Å². The average Bonchev–Trinajstić information content (AvgIpc) is 2.30. The SMILES string of the molecule is CCCN(CC#N)CC(O)c1ccc(Cl)cc1. The van der Waals surface area contributed by atoms with Crippen molar-refractivity contribution in [1.82, 2.24) is 4.90 Å². The highest BCUT2D eigenvalue weighted by Crippen LogP contribution is 2.17. The van der Waals surface area contributed by atoms with E-state index in [9.17, 15) is 5.11 Å². The first kappa shape index (κ1) is 14.0. The van der Waals surface area contributed by atoms with E-state index in [1.54, 1.807) is 12.1 Å². The Morgan fingerprint density at radius 3 is 2.59 bits per heavy atom. The molecule has 0 saturated carbocycles.